The van der Waals surface area contributed by atoms with Gasteiger partial charge in [0.2, 0.25) is 0 Å². The van der Waals surface area contributed by atoms with E-state index in [1.54, 1.807) is 0 Å². The summed E-state index contributed by atoms with van der Waals surface area (Å²) in [5, 5.41) is 10.4. The molecule has 2 saturated heterocycles. The van der Waals surface area contributed by atoms with Gasteiger partial charge in [-0.05, 0) is 42.9 Å². The molecule has 2 aliphatic heterocycles. The molecule has 6 nitrogen and oxygen atoms in total. The molecule has 0 radical (unpaired) electrons. The summed E-state index contributed by atoms with van der Waals surface area (Å²) in [6.45, 7) is 5.41. The highest BCUT2D eigenvalue weighted by Gasteiger charge is 2.38. The quantitative estimate of drug-likeness (QED) is 0.799. The highest BCUT2D eigenvalue weighted by atomic mass is 35.5. The van der Waals surface area contributed by atoms with E-state index in [1.165, 1.54) is 11.5 Å². The number of ether oxygens (including phenoxy) is 2. The second-order valence-corrected chi connectivity index (χ2v) is 7.73. The van der Waals surface area contributed by atoms with Crippen molar-refractivity contribution in [2.24, 2.45) is 0 Å². The number of halogens is 1. The van der Waals surface area contributed by atoms with Gasteiger partial charge in [-0.3, -0.25) is 0 Å². The molecule has 132 valence electrons. The van der Waals surface area contributed by atoms with Gasteiger partial charge in [0.25, 0.3) is 0 Å². The first kappa shape index (κ1) is 17.0. The van der Waals surface area contributed by atoms with Crippen LogP contribution in [0.2, 0.25) is 5.15 Å². The maximum absolute atomic E-state index is 10.0. The maximum atomic E-state index is 10.0. The molecule has 1 atom stereocenters. The average Bonchev–Trinajstić information content (AvgIpc) is 3.03. The van der Waals surface area contributed by atoms with Crippen LogP contribution in [0.3, 0.4) is 0 Å². The van der Waals surface area contributed by atoms with Gasteiger partial charge < -0.3 is 14.4 Å². The van der Waals surface area contributed by atoms with Gasteiger partial charge in [-0.15, -0.1) is 0 Å². The molecule has 4 rings (SSSR count). The van der Waals surface area contributed by atoms with Crippen LogP contribution in [0.25, 0.3) is 10.2 Å². The number of anilines is 1. The van der Waals surface area contributed by atoms with Crippen LogP contribution >= 0.6 is 23.1 Å². The summed E-state index contributed by atoms with van der Waals surface area (Å²) in [4.78, 5) is 7.00. The van der Waals surface area contributed by atoms with Gasteiger partial charge in [-0.1, -0.05) is 11.6 Å². The first-order chi connectivity index (χ1) is 12.1. The molecule has 0 amide bonds. The predicted molar refractivity (Wildman–Crippen MR) is 97.4 cm³/mol. The van der Waals surface area contributed by atoms with E-state index in [1.807, 2.05) is 0 Å². The summed E-state index contributed by atoms with van der Waals surface area (Å²) >= 11 is 7.63. The molecule has 25 heavy (non-hydrogen) atoms. The number of pyridine rings is 1. The van der Waals surface area contributed by atoms with Crippen LogP contribution < -0.4 is 4.90 Å². The van der Waals surface area contributed by atoms with E-state index in [0.29, 0.717) is 49.9 Å². The molecule has 2 aromatic heterocycles. The van der Waals surface area contributed by atoms with E-state index >= 15 is 0 Å². The van der Waals surface area contributed by atoms with E-state index in [4.69, 9.17) is 26.1 Å². The van der Waals surface area contributed by atoms with Crippen molar-refractivity contribution in [1.82, 2.24) is 9.36 Å². The summed E-state index contributed by atoms with van der Waals surface area (Å²) < 4.78 is 16.2. The summed E-state index contributed by atoms with van der Waals surface area (Å²) in [6, 6.07) is 4.85. The van der Waals surface area contributed by atoms with E-state index in [2.05, 4.69) is 28.3 Å². The van der Waals surface area contributed by atoms with Gasteiger partial charge in [0.15, 0.2) is 5.15 Å². The fourth-order valence-corrected chi connectivity index (χ4v) is 4.75. The van der Waals surface area contributed by atoms with Crippen LogP contribution in [0.15, 0.2) is 6.07 Å². The molecular weight excluding hydrogens is 360 g/mol. The van der Waals surface area contributed by atoms with Crippen molar-refractivity contribution in [3.8, 4) is 6.07 Å². The van der Waals surface area contributed by atoms with Gasteiger partial charge in [-0.25, -0.2) is 4.98 Å². The predicted octanol–water partition coefficient (Wildman–Crippen LogP) is 3.14. The molecule has 4 heterocycles. The fraction of sp³-hybridized carbons (Fsp3) is 0.588. The van der Waals surface area contributed by atoms with E-state index < -0.39 is 5.41 Å². The first-order valence-corrected chi connectivity index (χ1v) is 9.59. The number of fused-ring (bicyclic) bond motifs is 1. The number of aromatic nitrogens is 2. The van der Waals surface area contributed by atoms with E-state index in [-0.39, 0.29) is 6.04 Å². The monoisotopic (exact) mass is 378 g/mol. The Morgan fingerprint density at radius 1 is 1.36 bits per heavy atom. The lowest BCUT2D eigenvalue weighted by Gasteiger charge is -2.36. The highest BCUT2D eigenvalue weighted by molar-refractivity contribution is 7.14. The third-order valence-electron chi connectivity index (χ3n) is 5.11. The smallest absolute Gasteiger partial charge is 0.169 e. The van der Waals surface area contributed by atoms with Crippen molar-refractivity contribution >= 4 is 39.2 Å². The second-order valence-electron chi connectivity index (χ2n) is 6.60. The van der Waals surface area contributed by atoms with Gasteiger partial charge in [-0.2, -0.15) is 9.64 Å². The summed E-state index contributed by atoms with van der Waals surface area (Å²) in [5.41, 5.74) is 1.11. The zero-order valence-electron chi connectivity index (χ0n) is 14.0. The van der Waals surface area contributed by atoms with Crippen molar-refractivity contribution in [1.29, 1.82) is 5.26 Å². The van der Waals surface area contributed by atoms with Gasteiger partial charge in [0.05, 0.1) is 35.4 Å². The zero-order chi connectivity index (χ0) is 17.4. The zero-order valence-corrected chi connectivity index (χ0v) is 15.6. The Kier molecular flexibility index (Phi) is 4.54. The Balaban J connectivity index is 1.89. The topological polar surface area (TPSA) is 71.3 Å². The number of morpholine rings is 1. The van der Waals surface area contributed by atoms with Crippen LogP contribution in [-0.4, -0.2) is 48.4 Å². The molecule has 0 spiro atoms. The number of hydrogen-bond donors (Lipinski definition) is 0. The summed E-state index contributed by atoms with van der Waals surface area (Å²) in [7, 11) is 0. The Morgan fingerprint density at radius 3 is 2.88 bits per heavy atom. The van der Waals surface area contributed by atoms with Crippen molar-refractivity contribution in [3.63, 3.8) is 0 Å². The highest BCUT2D eigenvalue weighted by Crippen LogP contribution is 2.42. The fourth-order valence-electron chi connectivity index (χ4n) is 3.61. The second kappa shape index (κ2) is 6.69. The van der Waals surface area contributed by atoms with Gasteiger partial charge in [0, 0.05) is 19.8 Å². The third-order valence-corrected chi connectivity index (χ3v) is 6.34. The van der Waals surface area contributed by atoms with Gasteiger partial charge >= 0.3 is 0 Å². The Bertz CT molecular complexity index is 828. The maximum Gasteiger partial charge on any atom is 0.169 e. The molecule has 0 unspecified atom stereocenters. The molecule has 0 bridgehead atoms. The lowest BCUT2D eigenvalue weighted by Crippen LogP contribution is -2.44. The number of rotatable bonds is 2. The normalized spacial score (nSPS) is 23.6. The molecule has 8 heteroatoms. The van der Waals surface area contributed by atoms with Crippen molar-refractivity contribution in [2.75, 3.05) is 37.9 Å². The Hall–Kier alpha value is -1.46. The standard InChI is InChI=1S/C17H19ClN4O2S/c1-11-9-24-7-4-22(11)13-8-12(15-14(20-13)16(18)21-25-15)17(10-19)2-5-23-6-3-17/h8,11H,2-7,9H2,1H3/t11-/m1/s1. The largest absolute Gasteiger partial charge is 0.381 e. The Morgan fingerprint density at radius 2 is 2.16 bits per heavy atom. The minimum Gasteiger partial charge on any atom is -0.381 e. The van der Waals surface area contributed by atoms with Crippen LogP contribution in [0.4, 0.5) is 5.82 Å². The summed E-state index contributed by atoms with van der Waals surface area (Å²) in [5.74, 6) is 0.849. The molecule has 0 aliphatic carbocycles. The summed E-state index contributed by atoms with van der Waals surface area (Å²) in [6.07, 6.45) is 1.35. The van der Waals surface area contributed by atoms with Crippen LogP contribution in [0.5, 0.6) is 0 Å². The van der Waals surface area contributed by atoms with Crippen LogP contribution in [-0.2, 0) is 14.9 Å². The Labute approximate surface area is 155 Å². The van der Waals surface area contributed by atoms with Gasteiger partial charge in [0.1, 0.15) is 11.3 Å². The molecule has 0 aromatic carbocycles. The first-order valence-electron chi connectivity index (χ1n) is 8.44. The molecule has 2 aromatic rings. The van der Waals surface area contributed by atoms with Crippen molar-refractivity contribution < 1.29 is 9.47 Å². The lowest BCUT2D eigenvalue weighted by atomic mass is 9.75. The average molecular weight is 379 g/mol. The molecule has 2 aliphatic rings. The third kappa shape index (κ3) is 2.87. The minimum absolute atomic E-state index is 0.227. The van der Waals surface area contributed by atoms with E-state index in [0.717, 1.165) is 22.6 Å². The molecule has 0 saturated carbocycles. The molecular formula is C17H19ClN4O2S. The number of nitrogens with zero attached hydrogens (tertiary/aromatic N) is 4. The van der Waals surface area contributed by atoms with Crippen LogP contribution in [0.1, 0.15) is 25.3 Å². The van der Waals surface area contributed by atoms with Crippen LogP contribution in [0, 0.1) is 11.3 Å². The molecule has 0 N–H and O–H groups in total. The minimum atomic E-state index is -0.570. The van der Waals surface area contributed by atoms with E-state index in [9.17, 15) is 5.26 Å². The number of nitriles is 1. The SMILES string of the molecule is C[C@@H]1COCCN1c1cc(C2(C#N)CCOCC2)c2snc(Cl)c2n1. The van der Waals surface area contributed by atoms with Crippen molar-refractivity contribution in [2.45, 2.75) is 31.2 Å². The number of hydrogen-bond acceptors (Lipinski definition) is 7. The lowest BCUT2D eigenvalue weighted by molar-refractivity contribution is 0.0679. The molecule has 2 fully saturated rings. The van der Waals surface area contributed by atoms with Crippen molar-refractivity contribution in [3.05, 3.63) is 16.8 Å².